The van der Waals surface area contributed by atoms with Gasteiger partial charge in [0, 0.05) is 0 Å². The molecule has 0 saturated carbocycles. The van der Waals surface area contributed by atoms with Gasteiger partial charge < -0.3 is 0 Å². The molecule has 0 aromatic heterocycles. The van der Waals surface area contributed by atoms with E-state index in [0.29, 0.717) is 6.42 Å². The average Bonchev–Trinajstić information content (AvgIpc) is 2.36. The fraction of sp³-hybridized carbons (Fsp3) is 1.00. The van der Waals surface area contributed by atoms with E-state index in [1.54, 1.807) is 0 Å². The topological polar surface area (TPSA) is 80.3 Å². The van der Waals surface area contributed by atoms with Gasteiger partial charge in [-0.15, -0.1) is 11.6 Å². The third-order valence-corrected chi connectivity index (χ3v) is 6.39. The van der Waals surface area contributed by atoms with Crippen LogP contribution in [0.3, 0.4) is 0 Å². The second-order valence-corrected chi connectivity index (χ2v) is 9.41. The van der Waals surface area contributed by atoms with E-state index in [1.165, 1.54) is 0 Å². The third kappa shape index (κ3) is 5.11. The molecule has 2 unspecified atom stereocenters. The highest BCUT2D eigenvalue weighted by molar-refractivity contribution is 7.92. The number of rotatable bonds is 5. The first-order chi connectivity index (χ1) is 7.61. The van der Waals surface area contributed by atoms with Gasteiger partial charge in [0.05, 0.1) is 28.7 Å². The molecule has 0 spiro atoms. The average molecular weight is 304 g/mol. The van der Waals surface area contributed by atoms with E-state index >= 15 is 0 Å². The third-order valence-electron chi connectivity index (χ3n) is 2.58. The lowest BCUT2D eigenvalue weighted by Crippen LogP contribution is -2.41. The highest BCUT2D eigenvalue weighted by atomic mass is 35.5. The Labute approximate surface area is 108 Å². The lowest BCUT2D eigenvalue weighted by molar-refractivity contribution is 0.548. The summed E-state index contributed by atoms with van der Waals surface area (Å²) in [4.78, 5) is 0. The van der Waals surface area contributed by atoms with Gasteiger partial charge in [0.1, 0.15) is 0 Å². The molecule has 1 rings (SSSR count). The van der Waals surface area contributed by atoms with Crippen molar-refractivity contribution >= 4 is 31.5 Å². The lowest BCUT2D eigenvalue weighted by Gasteiger charge is -2.15. The molecule has 2 atom stereocenters. The summed E-state index contributed by atoms with van der Waals surface area (Å²) in [5.74, 6) is -0.0792. The largest absolute Gasteiger partial charge is 0.229 e. The number of hydrogen-bond acceptors (Lipinski definition) is 4. The van der Waals surface area contributed by atoms with Crippen molar-refractivity contribution in [2.24, 2.45) is 5.92 Å². The summed E-state index contributed by atoms with van der Waals surface area (Å²) in [6.45, 7) is 3.86. The maximum absolute atomic E-state index is 11.7. The van der Waals surface area contributed by atoms with Gasteiger partial charge in [0.15, 0.2) is 9.84 Å². The van der Waals surface area contributed by atoms with Gasteiger partial charge in [-0.1, -0.05) is 13.8 Å². The van der Waals surface area contributed by atoms with Crippen LogP contribution in [0.4, 0.5) is 0 Å². The summed E-state index contributed by atoms with van der Waals surface area (Å²) in [5, 5.41) is -0.672. The minimum absolute atomic E-state index is 0.00478. The van der Waals surface area contributed by atoms with Crippen LogP contribution in [-0.2, 0) is 19.9 Å². The molecule has 102 valence electrons. The van der Waals surface area contributed by atoms with E-state index in [-0.39, 0.29) is 23.2 Å². The monoisotopic (exact) mass is 303 g/mol. The zero-order valence-electron chi connectivity index (χ0n) is 9.89. The molecule has 8 heteroatoms. The molecule has 1 heterocycles. The Morgan fingerprint density at radius 1 is 1.35 bits per heavy atom. The summed E-state index contributed by atoms with van der Waals surface area (Å²) in [6.07, 6.45) is 0.543. The first kappa shape index (κ1) is 15.2. The van der Waals surface area contributed by atoms with E-state index in [2.05, 4.69) is 4.72 Å². The van der Waals surface area contributed by atoms with Crippen LogP contribution in [0.1, 0.15) is 20.3 Å². The Morgan fingerprint density at radius 2 is 1.94 bits per heavy atom. The SMILES string of the molecule is CC(C)CCS(=O)(=O)NC1CS(=O)(=O)CC1Cl. The molecule has 1 aliphatic rings. The van der Waals surface area contributed by atoms with E-state index in [1.807, 2.05) is 13.8 Å². The molecular weight excluding hydrogens is 286 g/mol. The van der Waals surface area contributed by atoms with Gasteiger partial charge in [0.25, 0.3) is 0 Å². The van der Waals surface area contributed by atoms with Gasteiger partial charge in [0.2, 0.25) is 10.0 Å². The van der Waals surface area contributed by atoms with Crippen molar-refractivity contribution in [1.82, 2.24) is 4.72 Å². The number of hydrogen-bond donors (Lipinski definition) is 1. The predicted octanol–water partition coefficient (Wildman–Crippen LogP) is 0.356. The maximum atomic E-state index is 11.7. The van der Waals surface area contributed by atoms with Crippen molar-refractivity contribution in [2.75, 3.05) is 17.3 Å². The van der Waals surface area contributed by atoms with Crippen LogP contribution >= 0.6 is 11.6 Å². The second-order valence-electron chi connectivity index (χ2n) is 4.82. The molecule has 1 fully saturated rings. The van der Waals surface area contributed by atoms with E-state index < -0.39 is 31.3 Å². The van der Waals surface area contributed by atoms with E-state index in [9.17, 15) is 16.8 Å². The van der Waals surface area contributed by atoms with Crippen LogP contribution in [0.15, 0.2) is 0 Å². The van der Waals surface area contributed by atoms with Crippen molar-refractivity contribution < 1.29 is 16.8 Å². The Bertz CT molecular complexity index is 457. The molecule has 0 aromatic rings. The first-order valence-electron chi connectivity index (χ1n) is 5.46. The molecule has 0 aliphatic carbocycles. The fourth-order valence-electron chi connectivity index (χ4n) is 1.59. The van der Waals surface area contributed by atoms with Crippen molar-refractivity contribution in [3.63, 3.8) is 0 Å². The predicted molar refractivity (Wildman–Crippen MR) is 68.5 cm³/mol. The number of sulfonamides is 1. The molecular formula is C9H18ClNO4S2. The molecule has 0 bridgehead atoms. The molecule has 1 saturated heterocycles. The summed E-state index contributed by atoms with van der Waals surface area (Å²) in [6, 6.07) is -0.696. The summed E-state index contributed by atoms with van der Waals surface area (Å²) in [7, 11) is -6.65. The van der Waals surface area contributed by atoms with Crippen LogP contribution in [-0.4, -0.2) is 45.5 Å². The minimum atomic E-state index is -3.44. The van der Waals surface area contributed by atoms with Crippen LogP contribution in [0.5, 0.6) is 0 Å². The molecule has 1 N–H and O–H groups in total. The Morgan fingerprint density at radius 3 is 2.35 bits per heavy atom. The van der Waals surface area contributed by atoms with E-state index in [0.717, 1.165) is 0 Å². The smallest absolute Gasteiger partial charge is 0.211 e. The van der Waals surface area contributed by atoms with Crippen molar-refractivity contribution in [1.29, 1.82) is 0 Å². The van der Waals surface area contributed by atoms with Crippen molar-refractivity contribution in [2.45, 2.75) is 31.7 Å². The van der Waals surface area contributed by atoms with Crippen LogP contribution < -0.4 is 4.72 Å². The normalized spacial score (nSPS) is 28.7. The van der Waals surface area contributed by atoms with Gasteiger partial charge >= 0.3 is 0 Å². The lowest BCUT2D eigenvalue weighted by atomic mass is 10.2. The number of nitrogens with one attached hydrogen (secondary N) is 1. The number of halogens is 1. The highest BCUT2D eigenvalue weighted by Crippen LogP contribution is 2.19. The molecule has 5 nitrogen and oxygen atoms in total. The zero-order chi connectivity index (χ0) is 13.3. The summed E-state index contributed by atoms with van der Waals surface area (Å²) in [5.41, 5.74) is 0. The van der Waals surface area contributed by atoms with Crippen molar-refractivity contribution in [3.8, 4) is 0 Å². The quantitative estimate of drug-likeness (QED) is 0.744. The van der Waals surface area contributed by atoms with Crippen LogP contribution in [0.2, 0.25) is 0 Å². The highest BCUT2D eigenvalue weighted by Gasteiger charge is 2.38. The van der Waals surface area contributed by atoms with Crippen molar-refractivity contribution in [3.05, 3.63) is 0 Å². The number of alkyl halides is 1. The molecule has 1 aliphatic heterocycles. The second kappa shape index (κ2) is 5.42. The summed E-state index contributed by atoms with van der Waals surface area (Å²) >= 11 is 5.83. The molecule has 0 amide bonds. The van der Waals surface area contributed by atoms with Gasteiger partial charge in [-0.2, -0.15) is 0 Å². The Kier molecular flexibility index (Phi) is 4.85. The van der Waals surface area contributed by atoms with E-state index in [4.69, 9.17) is 11.6 Å². The minimum Gasteiger partial charge on any atom is -0.229 e. The van der Waals surface area contributed by atoms with Crippen LogP contribution in [0, 0.1) is 5.92 Å². The Hall–Kier alpha value is 0.150. The molecule has 17 heavy (non-hydrogen) atoms. The Balaban J connectivity index is 2.60. The van der Waals surface area contributed by atoms with Gasteiger partial charge in [-0.3, -0.25) is 0 Å². The summed E-state index contributed by atoms with van der Waals surface area (Å²) < 4.78 is 48.3. The standard InChI is InChI=1S/C9H18ClNO4S2/c1-7(2)3-4-17(14,15)11-9-6-16(12,13)5-8(9)10/h7-9,11H,3-6H2,1-2H3. The number of sulfone groups is 1. The van der Waals surface area contributed by atoms with Gasteiger partial charge in [-0.25, -0.2) is 21.6 Å². The zero-order valence-corrected chi connectivity index (χ0v) is 12.3. The fourth-order valence-corrected chi connectivity index (χ4v) is 5.93. The first-order valence-corrected chi connectivity index (χ1v) is 9.37. The van der Waals surface area contributed by atoms with Gasteiger partial charge in [-0.05, 0) is 12.3 Å². The maximum Gasteiger partial charge on any atom is 0.211 e. The molecule has 0 radical (unpaired) electrons. The van der Waals surface area contributed by atoms with Crippen LogP contribution in [0.25, 0.3) is 0 Å². The molecule has 0 aromatic carbocycles.